The lowest BCUT2D eigenvalue weighted by molar-refractivity contribution is -0.139. The molecule has 2 aromatic rings. The number of nitrogens with zero attached hydrogens (tertiary/aromatic N) is 1. The van der Waals surface area contributed by atoms with E-state index in [2.05, 4.69) is 21.2 Å². The van der Waals surface area contributed by atoms with E-state index in [0.29, 0.717) is 17.9 Å². The van der Waals surface area contributed by atoms with Gasteiger partial charge in [0.1, 0.15) is 11.4 Å². The van der Waals surface area contributed by atoms with Gasteiger partial charge in [-0.3, -0.25) is 4.79 Å². The molecule has 2 N–H and O–H groups in total. The average Bonchev–Trinajstić information content (AvgIpc) is 3.09. The van der Waals surface area contributed by atoms with Gasteiger partial charge in [0.25, 0.3) is 5.91 Å². The van der Waals surface area contributed by atoms with E-state index in [-0.39, 0.29) is 0 Å². The van der Waals surface area contributed by atoms with Gasteiger partial charge in [-0.05, 0) is 45.3 Å². The van der Waals surface area contributed by atoms with Crippen LogP contribution in [0.4, 0.5) is 0 Å². The molecule has 1 atom stereocenters. The van der Waals surface area contributed by atoms with Crippen LogP contribution in [-0.4, -0.2) is 28.2 Å². The van der Waals surface area contributed by atoms with E-state index in [4.69, 9.17) is 4.74 Å². The normalized spacial score (nSPS) is 14.0. The predicted octanol–water partition coefficient (Wildman–Crippen LogP) is 2.28. The zero-order chi connectivity index (χ0) is 16.6. The van der Waals surface area contributed by atoms with Gasteiger partial charge in [-0.25, -0.2) is 4.79 Å². The summed E-state index contributed by atoms with van der Waals surface area (Å²) in [5.41, 5.74) is 1.88. The van der Waals surface area contributed by atoms with Gasteiger partial charge < -0.3 is 19.7 Å². The van der Waals surface area contributed by atoms with Crippen molar-refractivity contribution in [1.29, 1.82) is 0 Å². The number of aromatic nitrogens is 1. The molecule has 0 saturated heterocycles. The van der Waals surface area contributed by atoms with Gasteiger partial charge in [-0.2, -0.15) is 0 Å². The maximum absolute atomic E-state index is 12.4. The molecule has 0 radical (unpaired) electrons. The van der Waals surface area contributed by atoms with Crippen LogP contribution in [0.2, 0.25) is 0 Å². The molecule has 0 saturated carbocycles. The van der Waals surface area contributed by atoms with Crippen molar-refractivity contribution in [3.8, 4) is 5.75 Å². The molecule has 23 heavy (non-hydrogen) atoms. The highest BCUT2D eigenvalue weighted by molar-refractivity contribution is 9.10. The van der Waals surface area contributed by atoms with Crippen molar-refractivity contribution >= 4 is 27.8 Å². The Labute approximate surface area is 141 Å². The van der Waals surface area contributed by atoms with Crippen LogP contribution >= 0.6 is 15.9 Å². The number of amides is 1. The Kier molecular flexibility index (Phi) is 4.12. The quantitative estimate of drug-likeness (QED) is 0.854. The van der Waals surface area contributed by atoms with Crippen LogP contribution in [0.3, 0.4) is 0 Å². The van der Waals surface area contributed by atoms with Crippen LogP contribution in [0.15, 0.2) is 34.9 Å². The van der Waals surface area contributed by atoms with Gasteiger partial charge in [-0.15, -0.1) is 0 Å². The Morgan fingerprint density at radius 1 is 1.39 bits per heavy atom. The average molecular weight is 379 g/mol. The maximum Gasteiger partial charge on any atom is 0.330 e. The summed E-state index contributed by atoms with van der Waals surface area (Å²) in [6.45, 7) is 0.597. The van der Waals surface area contributed by atoms with Crippen molar-refractivity contribution in [2.24, 2.45) is 7.05 Å². The van der Waals surface area contributed by atoms with E-state index >= 15 is 0 Å². The zero-order valence-corrected chi connectivity index (χ0v) is 14.0. The van der Waals surface area contributed by atoms with E-state index in [1.807, 2.05) is 0 Å². The molecule has 1 unspecified atom stereocenters. The van der Waals surface area contributed by atoms with Gasteiger partial charge in [0, 0.05) is 24.1 Å². The molecular formula is C16H15BrN2O4. The summed E-state index contributed by atoms with van der Waals surface area (Å²) in [6.07, 6.45) is 2.48. The molecule has 0 bridgehead atoms. The summed E-state index contributed by atoms with van der Waals surface area (Å²) >= 11 is 3.29. The minimum atomic E-state index is -1.11. The standard InChI is InChI=1S/C16H15BrN2O4/c1-19-8-11(17)7-12(19)15(20)18-14(16(21)22)10-2-3-13-9(6-10)4-5-23-13/h2-3,6-8,14H,4-5H2,1H3,(H,18,20)(H,21,22). The number of rotatable bonds is 4. The fraction of sp³-hybridized carbons (Fsp3) is 0.250. The Hall–Kier alpha value is -2.28. The molecule has 1 aromatic carbocycles. The number of aliphatic carboxylic acids is 1. The van der Waals surface area contributed by atoms with Crippen LogP contribution in [0.5, 0.6) is 5.75 Å². The van der Waals surface area contributed by atoms with Gasteiger partial charge in [0.2, 0.25) is 0 Å². The lowest BCUT2D eigenvalue weighted by Gasteiger charge is -2.16. The second-order valence-corrected chi connectivity index (χ2v) is 6.28. The molecule has 3 rings (SSSR count). The highest BCUT2D eigenvalue weighted by Gasteiger charge is 2.25. The fourth-order valence-corrected chi connectivity index (χ4v) is 3.15. The minimum absolute atomic E-state index is 0.382. The van der Waals surface area contributed by atoms with Gasteiger partial charge in [-0.1, -0.05) is 6.07 Å². The van der Waals surface area contributed by atoms with Crippen LogP contribution in [0.1, 0.15) is 27.7 Å². The van der Waals surface area contributed by atoms with Crippen molar-refractivity contribution in [3.05, 3.63) is 51.8 Å². The summed E-state index contributed by atoms with van der Waals surface area (Å²) in [7, 11) is 1.72. The maximum atomic E-state index is 12.4. The van der Waals surface area contributed by atoms with Crippen LogP contribution < -0.4 is 10.1 Å². The number of carboxylic acid groups (broad SMARTS) is 1. The molecule has 0 spiro atoms. The number of carbonyl (C=O) groups is 2. The number of ether oxygens (including phenoxy) is 1. The molecule has 1 amide bonds. The van der Waals surface area contributed by atoms with E-state index in [9.17, 15) is 14.7 Å². The molecule has 7 heteroatoms. The van der Waals surface area contributed by atoms with Crippen LogP contribution in [0.25, 0.3) is 0 Å². The minimum Gasteiger partial charge on any atom is -0.493 e. The molecule has 1 aliphatic heterocycles. The number of aryl methyl sites for hydroxylation is 1. The van der Waals surface area contributed by atoms with Gasteiger partial charge >= 0.3 is 5.97 Å². The van der Waals surface area contributed by atoms with Crippen molar-refractivity contribution in [2.75, 3.05) is 6.61 Å². The molecule has 1 aromatic heterocycles. The molecule has 0 aliphatic carbocycles. The number of hydrogen-bond donors (Lipinski definition) is 2. The Bertz CT molecular complexity index is 784. The third-order valence-corrected chi connectivity index (χ3v) is 4.21. The first kappa shape index (κ1) is 15.6. The number of fused-ring (bicyclic) bond motifs is 1. The first-order valence-corrected chi connectivity index (χ1v) is 7.86. The summed E-state index contributed by atoms with van der Waals surface area (Å²) in [4.78, 5) is 24.0. The van der Waals surface area contributed by atoms with Gasteiger partial charge in [0.15, 0.2) is 6.04 Å². The zero-order valence-electron chi connectivity index (χ0n) is 12.4. The van der Waals surface area contributed by atoms with E-state index in [1.165, 1.54) is 0 Å². The third kappa shape index (κ3) is 3.10. The Morgan fingerprint density at radius 3 is 2.83 bits per heavy atom. The fourth-order valence-electron chi connectivity index (χ4n) is 2.63. The SMILES string of the molecule is Cn1cc(Br)cc1C(=O)NC(C(=O)O)c1ccc2c(c1)CCO2. The second-order valence-electron chi connectivity index (χ2n) is 5.36. The van der Waals surface area contributed by atoms with Crippen molar-refractivity contribution in [1.82, 2.24) is 9.88 Å². The summed E-state index contributed by atoms with van der Waals surface area (Å²) in [5, 5.41) is 12.1. The number of nitrogens with one attached hydrogen (secondary N) is 1. The van der Waals surface area contributed by atoms with Crippen molar-refractivity contribution < 1.29 is 19.4 Å². The Balaban J connectivity index is 1.86. The van der Waals surface area contributed by atoms with Crippen molar-refractivity contribution in [3.63, 3.8) is 0 Å². The summed E-state index contributed by atoms with van der Waals surface area (Å²) < 4.78 is 7.81. The number of halogens is 1. The predicted molar refractivity (Wildman–Crippen MR) is 86.6 cm³/mol. The first-order chi connectivity index (χ1) is 11.0. The number of carboxylic acids is 1. The van der Waals surface area contributed by atoms with E-state index in [1.54, 1.807) is 42.1 Å². The molecule has 0 fully saturated rings. The monoisotopic (exact) mass is 378 g/mol. The number of hydrogen-bond acceptors (Lipinski definition) is 3. The van der Waals surface area contributed by atoms with E-state index in [0.717, 1.165) is 22.2 Å². The topological polar surface area (TPSA) is 80.6 Å². The first-order valence-electron chi connectivity index (χ1n) is 7.07. The van der Waals surface area contributed by atoms with Crippen molar-refractivity contribution in [2.45, 2.75) is 12.5 Å². The highest BCUT2D eigenvalue weighted by atomic mass is 79.9. The molecule has 2 heterocycles. The smallest absolute Gasteiger partial charge is 0.330 e. The Morgan fingerprint density at radius 2 is 2.17 bits per heavy atom. The molecular weight excluding hydrogens is 364 g/mol. The summed E-state index contributed by atoms with van der Waals surface area (Å²) in [5.74, 6) is -0.775. The lowest BCUT2D eigenvalue weighted by Crippen LogP contribution is -2.34. The number of carbonyl (C=O) groups excluding carboxylic acids is 1. The molecule has 1 aliphatic rings. The number of benzene rings is 1. The molecule has 120 valence electrons. The largest absolute Gasteiger partial charge is 0.493 e. The van der Waals surface area contributed by atoms with Gasteiger partial charge in [0.05, 0.1) is 6.61 Å². The molecule has 6 nitrogen and oxygen atoms in total. The lowest BCUT2D eigenvalue weighted by atomic mass is 10.0. The van der Waals surface area contributed by atoms with Crippen LogP contribution in [-0.2, 0) is 18.3 Å². The van der Waals surface area contributed by atoms with E-state index < -0.39 is 17.9 Å². The third-order valence-electron chi connectivity index (χ3n) is 3.77. The van der Waals surface area contributed by atoms with Crippen LogP contribution in [0, 0.1) is 0 Å². The second kappa shape index (κ2) is 6.08. The highest BCUT2D eigenvalue weighted by Crippen LogP contribution is 2.28. The summed E-state index contributed by atoms with van der Waals surface area (Å²) in [6, 6.07) is 5.73.